The average Bonchev–Trinajstić information content (AvgIpc) is 2.46. The summed E-state index contributed by atoms with van der Waals surface area (Å²) < 4.78 is 0.821. The molecule has 0 saturated carbocycles. The van der Waals surface area contributed by atoms with Crippen LogP contribution in [0, 0.1) is 10.1 Å². The Kier molecular flexibility index (Phi) is 4.49. The lowest BCUT2D eigenvalue weighted by Gasteiger charge is -2.04. The Hall–Kier alpha value is -2.47. The first-order chi connectivity index (χ1) is 9.99. The van der Waals surface area contributed by atoms with Crippen LogP contribution < -0.4 is 0 Å². The van der Waals surface area contributed by atoms with E-state index in [4.69, 9.17) is 0 Å². The second kappa shape index (κ2) is 6.32. The van der Waals surface area contributed by atoms with Gasteiger partial charge in [-0.1, -0.05) is 40.2 Å². The quantitative estimate of drug-likeness (QED) is 0.392. The lowest BCUT2D eigenvalue weighted by Crippen LogP contribution is -2.00. The molecule has 0 spiro atoms. The zero-order valence-electron chi connectivity index (χ0n) is 10.7. The number of nitro benzene ring substituents is 1. The summed E-state index contributed by atoms with van der Waals surface area (Å²) >= 11 is 3.27. The molecule has 0 radical (unpaired) electrons. The van der Waals surface area contributed by atoms with Gasteiger partial charge in [0.25, 0.3) is 5.69 Å². The SMILES string of the molecule is O=C(O)/C(=C\c1ccccc1[N+](=O)[O-])c1ccc(Br)cc1. The molecule has 106 valence electrons. The van der Waals surface area contributed by atoms with Gasteiger partial charge in [-0.25, -0.2) is 4.79 Å². The minimum atomic E-state index is -1.14. The smallest absolute Gasteiger partial charge is 0.336 e. The number of hydrogen-bond acceptors (Lipinski definition) is 3. The van der Waals surface area contributed by atoms with Crippen molar-refractivity contribution in [1.82, 2.24) is 0 Å². The molecule has 0 amide bonds. The van der Waals surface area contributed by atoms with E-state index in [0.717, 1.165) is 4.47 Å². The van der Waals surface area contributed by atoms with E-state index < -0.39 is 10.9 Å². The molecule has 0 fully saturated rings. The fourth-order valence-electron chi connectivity index (χ4n) is 1.83. The molecule has 21 heavy (non-hydrogen) atoms. The van der Waals surface area contributed by atoms with Crippen molar-refractivity contribution in [2.75, 3.05) is 0 Å². The number of nitro groups is 1. The molecule has 0 unspecified atom stereocenters. The van der Waals surface area contributed by atoms with Gasteiger partial charge in [0.05, 0.1) is 16.1 Å². The Labute approximate surface area is 128 Å². The van der Waals surface area contributed by atoms with E-state index in [0.29, 0.717) is 5.56 Å². The Morgan fingerprint density at radius 2 is 1.76 bits per heavy atom. The van der Waals surface area contributed by atoms with E-state index in [1.807, 2.05) is 0 Å². The normalized spacial score (nSPS) is 11.2. The summed E-state index contributed by atoms with van der Waals surface area (Å²) in [7, 11) is 0. The fraction of sp³-hybridized carbons (Fsp3) is 0. The van der Waals surface area contributed by atoms with Gasteiger partial charge in [-0.2, -0.15) is 0 Å². The second-order valence-electron chi connectivity index (χ2n) is 4.19. The summed E-state index contributed by atoms with van der Waals surface area (Å²) in [6.45, 7) is 0. The Morgan fingerprint density at radius 3 is 2.33 bits per heavy atom. The maximum atomic E-state index is 11.4. The maximum absolute atomic E-state index is 11.4. The van der Waals surface area contributed by atoms with Gasteiger partial charge in [0.15, 0.2) is 0 Å². The van der Waals surface area contributed by atoms with Gasteiger partial charge in [0.1, 0.15) is 0 Å². The molecule has 5 nitrogen and oxygen atoms in total. The highest BCUT2D eigenvalue weighted by Gasteiger charge is 2.15. The van der Waals surface area contributed by atoms with Crippen LogP contribution in [0.2, 0.25) is 0 Å². The highest BCUT2D eigenvalue weighted by molar-refractivity contribution is 9.10. The molecule has 2 aromatic rings. The number of carboxylic acid groups (broad SMARTS) is 1. The third-order valence-corrected chi connectivity index (χ3v) is 3.35. The summed E-state index contributed by atoms with van der Waals surface area (Å²) in [5.74, 6) is -1.14. The molecule has 2 aromatic carbocycles. The Bertz CT molecular complexity index is 723. The van der Waals surface area contributed by atoms with Crippen molar-refractivity contribution in [3.05, 3.63) is 74.2 Å². The monoisotopic (exact) mass is 347 g/mol. The first kappa shape index (κ1) is 14.9. The van der Waals surface area contributed by atoms with Crippen LogP contribution in [0.4, 0.5) is 5.69 Å². The third kappa shape index (κ3) is 3.55. The molecular formula is C15H10BrNO4. The summed E-state index contributed by atoms with van der Waals surface area (Å²) in [6, 6.07) is 12.7. The number of para-hydroxylation sites is 1. The molecule has 1 N–H and O–H groups in total. The first-order valence-electron chi connectivity index (χ1n) is 5.93. The van der Waals surface area contributed by atoms with Gasteiger partial charge in [0, 0.05) is 10.5 Å². The van der Waals surface area contributed by atoms with Crippen molar-refractivity contribution in [3.8, 4) is 0 Å². The number of nitrogens with zero attached hydrogens (tertiary/aromatic N) is 1. The van der Waals surface area contributed by atoms with E-state index in [-0.39, 0.29) is 16.8 Å². The van der Waals surface area contributed by atoms with E-state index in [1.54, 1.807) is 30.3 Å². The van der Waals surface area contributed by atoms with Crippen molar-refractivity contribution in [1.29, 1.82) is 0 Å². The van der Waals surface area contributed by atoms with Gasteiger partial charge >= 0.3 is 5.97 Å². The predicted molar refractivity (Wildman–Crippen MR) is 82.7 cm³/mol. The van der Waals surface area contributed by atoms with Gasteiger partial charge in [0.2, 0.25) is 0 Å². The van der Waals surface area contributed by atoms with Gasteiger partial charge in [-0.05, 0) is 29.8 Å². The molecular weight excluding hydrogens is 338 g/mol. The molecule has 2 rings (SSSR count). The van der Waals surface area contributed by atoms with E-state index in [2.05, 4.69) is 15.9 Å². The standard InChI is InChI=1S/C15H10BrNO4/c16-12-7-5-10(6-8-12)13(15(18)19)9-11-3-1-2-4-14(11)17(20)21/h1-9H,(H,18,19)/b13-9-. The van der Waals surface area contributed by atoms with Crippen LogP contribution in [0.3, 0.4) is 0 Å². The molecule has 0 aromatic heterocycles. The molecule has 6 heteroatoms. The highest BCUT2D eigenvalue weighted by atomic mass is 79.9. The molecule has 0 aliphatic rings. The van der Waals surface area contributed by atoms with E-state index in [9.17, 15) is 20.0 Å². The predicted octanol–water partition coefficient (Wildman–Crippen LogP) is 3.98. The molecule has 0 heterocycles. The van der Waals surface area contributed by atoms with Crippen LogP contribution in [-0.4, -0.2) is 16.0 Å². The van der Waals surface area contributed by atoms with E-state index >= 15 is 0 Å². The number of rotatable bonds is 4. The number of hydrogen-bond donors (Lipinski definition) is 1. The van der Waals surface area contributed by atoms with Crippen LogP contribution in [0.5, 0.6) is 0 Å². The first-order valence-corrected chi connectivity index (χ1v) is 6.72. The highest BCUT2D eigenvalue weighted by Crippen LogP contribution is 2.25. The summed E-state index contributed by atoms with van der Waals surface area (Å²) in [5, 5.41) is 20.3. The minimum Gasteiger partial charge on any atom is -0.478 e. The van der Waals surface area contributed by atoms with Crippen molar-refractivity contribution < 1.29 is 14.8 Å². The topological polar surface area (TPSA) is 80.4 Å². The van der Waals surface area contributed by atoms with Crippen LogP contribution in [-0.2, 0) is 4.79 Å². The summed E-state index contributed by atoms with van der Waals surface area (Å²) in [6.07, 6.45) is 1.31. The van der Waals surface area contributed by atoms with Crippen LogP contribution in [0.1, 0.15) is 11.1 Å². The largest absolute Gasteiger partial charge is 0.478 e. The summed E-state index contributed by atoms with van der Waals surface area (Å²) in [4.78, 5) is 21.9. The molecule has 0 aliphatic heterocycles. The molecule has 0 aliphatic carbocycles. The van der Waals surface area contributed by atoms with Crippen molar-refractivity contribution >= 4 is 39.2 Å². The van der Waals surface area contributed by atoms with Crippen LogP contribution in [0.15, 0.2) is 53.0 Å². The lowest BCUT2D eigenvalue weighted by molar-refractivity contribution is -0.385. The third-order valence-electron chi connectivity index (χ3n) is 2.82. The van der Waals surface area contributed by atoms with Gasteiger partial charge in [-0.3, -0.25) is 10.1 Å². The van der Waals surface area contributed by atoms with Crippen molar-refractivity contribution in [2.24, 2.45) is 0 Å². The fourth-order valence-corrected chi connectivity index (χ4v) is 2.09. The summed E-state index contributed by atoms with van der Waals surface area (Å²) in [5.41, 5.74) is 0.594. The van der Waals surface area contributed by atoms with E-state index in [1.165, 1.54) is 24.3 Å². The molecule has 0 atom stereocenters. The molecule has 0 bridgehead atoms. The van der Waals surface area contributed by atoms with Gasteiger partial charge in [-0.15, -0.1) is 0 Å². The zero-order valence-corrected chi connectivity index (χ0v) is 12.3. The Balaban J connectivity index is 2.56. The lowest BCUT2D eigenvalue weighted by atomic mass is 10.0. The number of carboxylic acids is 1. The Morgan fingerprint density at radius 1 is 1.14 bits per heavy atom. The second-order valence-corrected chi connectivity index (χ2v) is 5.10. The molecule has 0 saturated heterocycles. The average molecular weight is 348 g/mol. The zero-order chi connectivity index (χ0) is 15.4. The van der Waals surface area contributed by atoms with Crippen LogP contribution >= 0.6 is 15.9 Å². The van der Waals surface area contributed by atoms with Crippen molar-refractivity contribution in [2.45, 2.75) is 0 Å². The number of benzene rings is 2. The number of halogens is 1. The maximum Gasteiger partial charge on any atom is 0.336 e. The minimum absolute atomic E-state index is 0.00296. The van der Waals surface area contributed by atoms with Crippen molar-refractivity contribution in [3.63, 3.8) is 0 Å². The van der Waals surface area contributed by atoms with Crippen LogP contribution in [0.25, 0.3) is 11.6 Å². The number of aliphatic carboxylic acids is 1. The van der Waals surface area contributed by atoms with Gasteiger partial charge < -0.3 is 5.11 Å². The number of carbonyl (C=O) groups is 1.